The number of cyclic esters (lactones) is 2. The fourth-order valence-electron chi connectivity index (χ4n) is 8.04. The lowest BCUT2D eigenvalue weighted by Crippen LogP contribution is -2.54. The first-order valence-corrected chi connectivity index (χ1v) is 8.44. The smallest absolute Gasteiger partial charge is 0.323 e. The van der Waals surface area contributed by atoms with Gasteiger partial charge in [-0.25, -0.2) is 0 Å². The van der Waals surface area contributed by atoms with Crippen LogP contribution in [0.15, 0.2) is 0 Å². The first kappa shape index (κ1) is 11.5. The molecule has 0 N–H and O–H groups in total. The topological polar surface area (TPSA) is 52.6 Å². The molecular weight excluding hydrogens is 268 g/mol. The summed E-state index contributed by atoms with van der Waals surface area (Å²) < 4.78 is 10.8. The minimum absolute atomic E-state index is 0.226. The number of ether oxygens (including phenoxy) is 2. The van der Waals surface area contributed by atoms with Gasteiger partial charge < -0.3 is 9.47 Å². The predicted octanol–water partition coefficient (Wildman–Crippen LogP) is 1.83. The van der Waals surface area contributed by atoms with Crippen molar-refractivity contribution in [3.8, 4) is 0 Å². The summed E-state index contributed by atoms with van der Waals surface area (Å²) in [5, 5.41) is 0. The van der Waals surface area contributed by atoms with Gasteiger partial charge in [-0.2, -0.15) is 0 Å². The first-order chi connectivity index (χ1) is 9.98. The average molecular weight is 288 g/mol. The fraction of sp³-hybridized carbons (Fsp3) is 0.882. The second-order valence-corrected chi connectivity index (χ2v) is 8.73. The van der Waals surface area contributed by atoms with E-state index in [0.717, 1.165) is 35.5 Å². The van der Waals surface area contributed by atoms with Crippen LogP contribution in [-0.2, 0) is 19.1 Å². The lowest BCUT2D eigenvalue weighted by atomic mass is 9.55. The van der Waals surface area contributed by atoms with Gasteiger partial charge in [0.1, 0.15) is 0 Å². The minimum Gasteiger partial charge on any atom is -0.422 e. The molecule has 0 aromatic carbocycles. The van der Waals surface area contributed by atoms with Gasteiger partial charge >= 0.3 is 11.9 Å². The van der Waals surface area contributed by atoms with Gasteiger partial charge in [-0.05, 0) is 66.1 Å². The Labute approximate surface area is 123 Å². The largest absolute Gasteiger partial charge is 0.422 e. The summed E-state index contributed by atoms with van der Waals surface area (Å²) in [5.41, 5.74) is 0. The second-order valence-electron chi connectivity index (χ2n) is 8.73. The lowest BCUT2D eigenvalue weighted by Gasteiger charge is -2.49. The van der Waals surface area contributed by atoms with Crippen LogP contribution in [0.2, 0.25) is 0 Å². The standard InChI is InChI=1S/C17H20O4/c1-17(2)20-15(18)14(16(19)21-17)13-10-6-4-7-9-5(6)3-8(10)11(9)12(7)13/h5-14H,3-4H2,1-2H3/t5-,6+,7+,8+,9-,10+,11-,12+,13+/m0/s1. The Hall–Kier alpha value is -1.06. The monoisotopic (exact) mass is 288 g/mol. The van der Waals surface area contributed by atoms with Crippen LogP contribution in [-0.4, -0.2) is 17.7 Å². The Balaban J connectivity index is 1.41. The average Bonchev–Trinajstić information content (AvgIpc) is 2.85. The van der Waals surface area contributed by atoms with Gasteiger partial charge in [0, 0.05) is 13.8 Å². The highest BCUT2D eigenvalue weighted by Gasteiger charge is 2.82. The molecule has 1 aliphatic heterocycles. The summed E-state index contributed by atoms with van der Waals surface area (Å²) in [4.78, 5) is 25.0. The van der Waals surface area contributed by atoms with E-state index in [1.807, 2.05) is 0 Å². The number of hydrogen-bond donors (Lipinski definition) is 0. The maximum atomic E-state index is 12.5. The van der Waals surface area contributed by atoms with Crippen molar-refractivity contribution in [1.82, 2.24) is 0 Å². The van der Waals surface area contributed by atoms with E-state index in [2.05, 4.69) is 0 Å². The molecule has 0 spiro atoms. The molecule has 0 aromatic rings. The van der Waals surface area contributed by atoms with E-state index < -0.39 is 11.7 Å². The highest BCUT2D eigenvalue weighted by Crippen LogP contribution is 2.85. The second kappa shape index (κ2) is 3.02. The Morgan fingerprint density at radius 3 is 1.81 bits per heavy atom. The first-order valence-electron chi connectivity index (χ1n) is 8.44. The highest BCUT2D eigenvalue weighted by molar-refractivity contribution is 5.97. The number of esters is 2. The van der Waals surface area contributed by atoms with Crippen molar-refractivity contribution in [2.45, 2.75) is 32.5 Å². The quantitative estimate of drug-likeness (QED) is 0.545. The summed E-state index contributed by atoms with van der Waals surface area (Å²) >= 11 is 0. The predicted molar refractivity (Wildman–Crippen MR) is 70.4 cm³/mol. The molecule has 9 atom stereocenters. The fourth-order valence-corrected chi connectivity index (χ4v) is 8.04. The number of fused-ring (bicyclic) bond motifs is 2. The van der Waals surface area contributed by atoms with E-state index in [1.165, 1.54) is 12.8 Å². The van der Waals surface area contributed by atoms with Gasteiger partial charge in [-0.3, -0.25) is 9.59 Å². The summed E-state index contributed by atoms with van der Waals surface area (Å²) in [7, 11) is 0. The third-order valence-corrected chi connectivity index (χ3v) is 7.97. The van der Waals surface area contributed by atoms with Gasteiger partial charge in [0.2, 0.25) is 0 Å². The van der Waals surface area contributed by atoms with Gasteiger partial charge in [0.25, 0.3) is 5.79 Å². The molecule has 6 rings (SSSR count). The van der Waals surface area contributed by atoms with Crippen molar-refractivity contribution in [3.05, 3.63) is 0 Å². The number of carbonyl (C=O) groups is 2. The van der Waals surface area contributed by atoms with E-state index in [1.54, 1.807) is 13.8 Å². The van der Waals surface area contributed by atoms with Crippen LogP contribution in [0.25, 0.3) is 0 Å². The molecule has 6 aliphatic rings. The Morgan fingerprint density at radius 1 is 0.762 bits per heavy atom. The molecule has 0 unspecified atom stereocenters. The molecule has 2 bridgehead atoms. The maximum Gasteiger partial charge on any atom is 0.323 e. The van der Waals surface area contributed by atoms with E-state index >= 15 is 0 Å². The normalized spacial score (nSPS) is 61.1. The molecule has 6 fully saturated rings. The Bertz CT molecular complexity index is 570. The van der Waals surface area contributed by atoms with Crippen LogP contribution in [0.5, 0.6) is 0 Å². The van der Waals surface area contributed by atoms with Crippen molar-refractivity contribution >= 4 is 11.9 Å². The third-order valence-electron chi connectivity index (χ3n) is 7.97. The van der Waals surface area contributed by atoms with Crippen molar-refractivity contribution in [2.24, 2.45) is 59.2 Å². The summed E-state index contributed by atoms with van der Waals surface area (Å²) in [6, 6.07) is 0. The van der Waals surface area contributed by atoms with Gasteiger partial charge in [-0.15, -0.1) is 0 Å². The Kier molecular flexibility index (Phi) is 1.65. The number of rotatable bonds is 1. The zero-order chi connectivity index (χ0) is 14.3. The SMILES string of the molecule is CC1(C)OC(=O)C([C@@H]2[C@@H]3[C@@H]4C[C@@H]5[C@@H]6[C@H]4C[C@H]3[C@@H]6[C@@H]52)C(=O)O1. The molecule has 4 heteroatoms. The minimum atomic E-state index is -1.09. The van der Waals surface area contributed by atoms with Crippen LogP contribution in [0, 0.1) is 59.2 Å². The van der Waals surface area contributed by atoms with E-state index in [0.29, 0.717) is 11.8 Å². The Morgan fingerprint density at radius 2 is 1.24 bits per heavy atom. The van der Waals surface area contributed by atoms with Gasteiger partial charge in [0.05, 0.1) is 0 Å². The van der Waals surface area contributed by atoms with Gasteiger partial charge in [-0.1, -0.05) is 0 Å². The third kappa shape index (κ3) is 1.02. The zero-order valence-electron chi connectivity index (χ0n) is 12.3. The molecule has 0 aromatic heterocycles. The molecule has 0 amide bonds. The molecule has 0 radical (unpaired) electrons. The molecule has 1 saturated heterocycles. The van der Waals surface area contributed by atoms with E-state index in [4.69, 9.17) is 9.47 Å². The maximum absolute atomic E-state index is 12.5. The van der Waals surface area contributed by atoms with Gasteiger partial charge in [0.15, 0.2) is 5.92 Å². The lowest BCUT2D eigenvalue weighted by molar-refractivity contribution is -0.246. The summed E-state index contributed by atoms with van der Waals surface area (Å²) in [5.74, 6) is 4.14. The van der Waals surface area contributed by atoms with Crippen LogP contribution in [0.1, 0.15) is 26.7 Å². The van der Waals surface area contributed by atoms with Crippen LogP contribution in [0.4, 0.5) is 0 Å². The van der Waals surface area contributed by atoms with E-state index in [-0.39, 0.29) is 17.9 Å². The molecule has 21 heavy (non-hydrogen) atoms. The van der Waals surface area contributed by atoms with Crippen LogP contribution in [0.3, 0.4) is 0 Å². The highest BCUT2D eigenvalue weighted by atomic mass is 16.7. The van der Waals surface area contributed by atoms with Crippen molar-refractivity contribution in [3.63, 3.8) is 0 Å². The van der Waals surface area contributed by atoms with Crippen molar-refractivity contribution in [2.75, 3.05) is 0 Å². The molecule has 4 nitrogen and oxygen atoms in total. The van der Waals surface area contributed by atoms with Crippen molar-refractivity contribution in [1.29, 1.82) is 0 Å². The number of carbonyl (C=O) groups excluding carboxylic acids is 2. The zero-order valence-corrected chi connectivity index (χ0v) is 12.3. The van der Waals surface area contributed by atoms with Crippen LogP contribution >= 0.6 is 0 Å². The van der Waals surface area contributed by atoms with E-state index in [9.17, 15) is 9.59 Å². The van der Waals surface area contributed by atoms with Crippen LogP contribution < -0.4 is 0 Å². The molecule has 5 saturated carbocycles. The molecule has 5 aliphatic carbocycles. The number of hydrogen-bond acceptors (Lipinski definition) is 4. The molecule has 1 heterocycles. The summed E-state index contributed by atoms with van der Waals surface area (Å²) in [6.07, 6.45) is 2.74. The van der Waals surface area contributed by atoms with Crippen molar-refractivity contribution < 1.29 is 19.1 Å². The molecular formula is C17H20O4. The summed E-state index contributed by atoms with van der Waals surface area (Å²) in [6.45, 7) is 3.28. The molecule has 112 valence electrons.